The normalized spacial score (nSPS) is 16.6. The number of hydrogen-bond acceptors (Lipinski definition) is 5. The molecule has 3 rings (SSSR count). The Labute approximate surface area is 164 Å². The average Bonchev–Trinajstić information content (AvgIpc) is 3.18. The second-order valence-electron chi connectivity index (χ2n) is 6.77. The van der Waals surface area contributed by atoms with Crippen LogP contribution in [0.5, 0.6) is 0 Å². The number of anilines is 2. The third-order valence-electron chi connectivity index (χ3n) is 4.49. The van der Waals surface area contributed by atoms with E-state index in [1.807, 2.05) is 6.92 Å². The van der Waals surface area contributed by atoms with Crippen molar-refractivity contribution in [1.29, 1.82) is 0 Å². The highest BCUT2D eigenvalue weighted by atomic mass is 32.2. The summed E-state index contributed by atoms with van der Waals surface area (Å²) in [6, 6.07) is 11.0. The van der Waals surface area contributed by atoms with Crippen molar-refractivity contribution in [1.82, 2.24) is 0 Å². The van der Waals surface area contributed by atoms with Gasteiger partial charge in [-0.1, -0.05) is 6.07 Å². The first kappa shape index (κ1) is 20.0. The van der Waals surface area contributed by atoms with Gasteiger partial charge in [0, 0.05) is 29.8 Å². The highest BCUT2D eigenvalue weighted by Crippen LogP contribution is 2.22. The average molecular weight is 402 g/mol. The molecule has 1 aliphatic heterocycles. The summed E-state index contributed by atoms with van der Waals surface area (Å²) in [5, 5.41) is 5.59. The van der Waals surface area contributed by atoms with E-state index in [0.29, 0.717) is 24.4 Å². The van der Waals surface area contributed by atoms with E-state index in [1.165, 1.54) is 18.2 Å². The Hall–Kier alpha value is -2.71. The molecule has 0 aliphatic carbocycles. The van der Waals surface area contributed by atoms with E-state index in [4.69, 9.17) is 4.74 Å². The number of sulfone groups is 1. The maximum Gasteiger partial charge on any atom is 0.255 e. The molecule has 2 amide bonds. The zero-order valence-electron chi connectivity index (χ0n) is 15.7. The molecule has 0 unspecified atom stereocenters. The number of hydrogen-bond donors (Lipinski definition) is 2. The molecular formula is C20H22N2O5S. The Morgan fingerprint density at radius 3 is 2.54 bits per heavy atom. The van der Waals surface area contributed by atoms with Gasteiger partial charge < -0.3 is 15.4 Å². The molecule has 0 saturated carbocycles. The fourth-order valence-electron chi connectivity index (χ4n) is 2.95. The van der Waals surface area contributed by atoms with Crippen molar-refractivity contribution in [2.45, 2.75) is 30.8 Å². The Morgan fingerprint density at radius 2 is 1.89 bits per heavy atom. The quantitative estimate of drug-likeness (QED) is 0.801. The zero-order valence-corrected chi connectivity index (χ0v) is 16.5. The van der Waals surface area contributed by atoms with Crippen molar-refractivity contribution < 1.29 is 22.7 Å². The van der Waals surface area contributed by atoms with Crippen molar-refractivity contribution >= 4 is 33.0 Å². The van der Waals surface area contributed by atoms with Gasteiger partial charge >= 0.3 is 0 Å². The van der Waals surface area contributed by atoms with E-state index < -0.39 is 21.8 Å². The summed E-state index contributed by atoms with van der Waals surface area (Å²) >= 11 is 0. The number of rotatable bonds is 5. The summed E-state index contributed by atoms with van der Waals surface area (Å²) in [5.74, 6) is -0.587. The predicted molar refractivity (Wildman–Crippen MR) is 106 cm³/mol. The van der Waals surface area contributed by atoms with Gasteiger partial charge in [0.05, 0.1) is 4.90 Å². The van der Waals surface area contributed by atoms with Crippen LogP contribution >= 0.6 is 0 Å². The minimum Gasteiger partial charge on any atom is -0.368 e. The van der Waals surface area contributed by atoms with Crippen LogP contribution in [0.3, 0.4) is 0 Å². The second-order valence-corrected chi connectivity index (χ2v) is 8.79. The third-order valence-corrected chi connectivity index (χ3v) is 5.60. The molecule has 2 aromatic carbocycles. The van der Waals surface area contributed by atoms with Gasteiger partial charge in [0.1, 0.15) is 6.10 Å². The van der Waals surface area contributed by atoms with Crippen LogP contribution in [-0.4, -0.2) is 39.2 Å². The molecule has 0 spiro atoms. The molecule has 2 N–H and O–H groups in total. The molecule has 1 heterocycles. The van der Waals surface area contributed by atoms with Crippen LogP contribution in [0.4, 0.5) is 11.4 Å². The monoisotopic (exact) mass is 402 g/mol. The van der Waals surface area contributed by atoms with Gasteiger partial charge in [-0.15, -0.1) is 0 Å². The molecule has 7 nitrogen and oxygen atoms in total. The number of carbonyl (C=O) groups excluding carboxylic acids is 2. The van der Waals surface area contributed by atoms with Crippen molar-refractivity contribution in [2.75, 3.05) is 23.5 Å². The largest absolute Gasteiger partial charge is 0.368 e. The van der Waals surface area contributed by atoms with Crippen LogP contribution in [0.1, 0.15) is 28.8 Å². The summed E-state index contributed by atoms with van der Waals surface area (Å²) in [6.07, 6.45) is 2.27. The Kier molecular flexibility index (Phi) is 5.81. The standard InChI is InChI=1S/C20H22N2O5S/c1-13-11-15(21-20(24)18-7-4-10-27-18)8-9-17(13)22-19(23)14-5-3-6-16(12-14)28(2,25)26/h3,5-6,8-9,11-12,18H,4,7,10H2,1-2H3,(H,21,24)(H,22,23)/t18-/m0/s1. The van der Waals surface area contributed by atoms with Crippen LogP contribution in [0.15, 0.2) is 47.4 Å². The zero-order chi connectivity index (χ0) is 20.3. The van der Waals surface area contributed by atoms with Crippen LogP contribution < -0.4 is 10.6 Å². The molecule has 148 valence electrons. The number of benzene rings is 2. The Bertz CT molecular complexity index is 1010. The first-order chi connectivity index (χ1) is 13.2. The lowest BCUT2D eigenvalue weighted by Crippen LogP contribution is -2.26. The third kappa shape index (κ3) is 4.76. The molecule has 8 heteroatoms. The van der Waals surface area contributed by atoms with Crippen molar-refractivity contribution in [3.63, 3.8) is 0 Å². The van der Waals surface area contributed by atoms with Crippen LogP contribution in [0.2, 0.25) is 0 Å². The van der Waals surface area contributed by atoms with E-state index in [0.717, 1.165) is 18.2 Å². The summed E-state index contributed by atoms with van der Waals surface area (Å²) in [7, 11) is -3.39. The van der Waals surface area contributed by atoms with Crippen molar-refractivity contribution in [3.8, 4) is 0 Å². The first-order valence-electron chi connectivity index (χ1n) is 8.88. The van der Waals surface area contributed by atoms with E-state index in [9.17, 15) is 18.0 Å². The lowest BCUT2D eigenvalue weighted by Gasteiger charge is -2.13. The van der Waals surface area contributed by atoms with Gasteiger partial charge in [-0.25, -0.2) is 8.42 Å². The summed E-state index contributed by atoms with van der Waals surface area (Å²) in [6.45, 7) is 2.41. The number of aryl methyl sites for hydroxylation is 1. The molecule has 0 radical (unpaired) electrons. The molecule has 1 atom stereocenters. The fourth-order valence-corrected chi connectivity index (χ4v) is 3.62. The molecule has 0 aromatic heterocycles. The van der Waals surface area contributed by atoms with Gasteiger partial charge in [-0.2, -0.15) is 0 Å². The van der Waals surface area contributed by atoms with E-state index in [2.05, 4.69) is 10.6 Å². The minimum atomic E-state index is -3.39. The first-order valence-corrected chi connectivity index (χ1v) is 10.8. The van der Waals surface area contributed by atoms with Gasteiger partial charge in [-0.05, 0) is 61.7 Å². The molecule has 1 fully saturated rings. The summed E-state index contributed by atoms with van der Waals surface area (Å²) in [5.41, 5.74) is 2.20. The molecule has 0 bridgehead atoms. The van der Waals surface area contributed by atoms with Crippen LogP contribution in [0, 0.1) is 6.92 Å². The van der Waals surface area contributed by atoms with Crippen LogP contribution in [-0.2, 0) is 19.4 Å². The minimum absolute atomic E-state index is 0.0871. The topological polar surface area (TPSA) is 102 Å². The lowest BCUT2D eigenvalue weighted by molar-refractivity contribution is -0.124. The predicted octanol–water partition coefficient (Wildman–Crippen LogP) is 2.77. The Balaban J connectivity index is 1.71. The van der Waals surface area contributed by atoms with Crippen molar-refractivity contribution in [3.05, 3.63) is 53.6 Å². The fraction of sp³-hybridized carbons (Fsp3) is 0.300. The van der Waals surface area contributed by atoms with Gasteiger partial charge in [0.2, 0.25) is 0 Å². The molecule has 1 aliphatic rings. The number of ether oxygens (including phenoxy) is 1. The number of carbonyl (C=O) groups is 2. The van der Waals surface area contributed by atoms with Crippen LogP contribution in [0.25, 0.3) is 0 Å². The Morgan fingerprint density at radius 1 is 1.11 bits per heavy atom. The highest BCUT2D eigenvalue weighted by Gasteiger charge is 2.23. The van der Waals surface area contributed by atoms with Gasteiger partial charge in [-0.3, -0.25) is 9.59 Å². The maximum atomic E-state index is 12.5. The summed E-state index contributed by atoms with van der Waals surface area (Å²) < 4.78 is 28.7. The van der Waals surface area contributed by atoms with E-state index in [-0.39, 0.29) is 16.4 Å². The maximum absolute atomic E-state index is 12.5. The van der Waals surface area contributed by atoms with Gasteiger partial charge in [0.15, 0.2) is 9.84 Å². The number of nitrogens with one attached hydrogen (secondary N) is 2. The van der Waals surface area contributed by atoms with E-state index >= 15 is 0 Å². The lowest BCUT2D eigenvalue weighted by atomic mass is 10.1. The molecular weight excluding hydrogens is 380 g/mol. The molecule has 2 aromatic rings. The highest BCUT2D eigenvalue weighted by molar-refractivity contribution is 7.90. The molecule has 1 saturated heterocycles. The smallest absolute Gasteiger partial charge is 0.255 e. The molecule has 28 heavy (non-hydrogen) atoms. The second kappa shape index (κ2) is 8.12. The van der Waals surface area contributed by atoms with Crippen molar-refractivity contribution in [2.24, 2.45) is 0 Å². The summed E-state index contributed by atoms with van der Waals surface area (Å²) in [4.78, 5) is 24.7. The number of amides is 2. The SMILES string of the molecule is Cc1cc(NC(=O)[C@@H]2CCCO2)ccc1NC(=O)c1cccc(S(C)(=O)=O)c1. The van der Waals surface area contributed by atoms with E-state index in [1.54, 1.807) is 24.3 Å². The van der Waals surface area contributed by atoms with Gasteiger partial charge in [0.25, 0.3) is 11.8 Å².